The third kappa shape index (κ3) is 10.5. The molecule has 1 N–H and O–H groups in total. The van der Waals surface area contributed by atoms with E-state index >= 15 is 0 Å². The zero-order chi connectivity index (χ0) is 25.0. The summed E-state index contributed by atoms with van der Waals surface area (Å²) in [5.41, 5.74) is 5.26. The van der Waals surface area contributed by atoms with Crippen LogP contribution in [0.15, 0.2) is 59.5 Å². The fourth-order valence-corrected chi connectivity index (χ4v) is 4.02. The Labute approximate surface area is 207 Å². The molecule has 1 unspecified atom stereocenters. The van der Waals surface area contributed by atoms with Crippen LogP contribution in [-0.2, 0) is 0 Å². The molecule has 1 aliphatic rings. The van der Waals surface area contributed by atoms with E-state index in [1.165, 1.54) is 23.3 Å². The van der Waals surface area contributed by atoms with Crippen LogP contribution in [0.4, 0.5) is 0 Å². The molecule has 1 rings (SSSR count). The van der Waals surface area contributed by atoms with Gasteiger partial charge in [0.2, 0.25) is 0 Å². The summed E-state index contributed by atoms with van der Waals surface area (Å²) in [6.45, 7) is 27.5. The molecule has 0 bridgehead atoms. The summed E-state index contributed by atoms with van der Waals surface area (Å²) in [5, 5.41) is 4.79. The first-order valence-electron chi connectivity index (χ1n) is 12.8. The number of hydrogen-bond acceptors (Lipinski definition) is 3. The lowest BCUT2D eigenvalue weighted by molar-refractivity contribution is 0.219. The molecule has 0 aromatic heterocycles. The van der Waals surface area contributed by atoms with E-state index in [9.17, 15) is 0 Å². The van der Waals surface area contributed by atoms with Gasteiger partial charge in [-0.15, -0.1) is 8.86 Å². The number of allylic oxidation sites excluding steroid dienone is 8. The minimum absolute atomic E-state index is 0.0683. The number of nitrogens with one attached hydrogen (secondary N) is 1. The van der Waals surface area contributed by atoms with Gasteiger partial charge in [-0.2, -0.15) is 0 Å². The van der Waals surface area contributed by atoms with Crippen LogP contribution in [0.1, 0.15) is 74.7 Å². The van der Waals surface area contributed by atoms with Crippen molar-refractivity contribution in [2.24, 2.45) is 5.41 Å². The number of hydrogen-bond donors (Lipinski definition) is 1. The van der Waals surface area contributed by atoms with Crippen molar-refractivity contribution < 1.29 is 0 Å². The van der Waals surface area contributed by atoms with Crippen LogP contribution in [0.25, 0.3) is 0 Å². The van der Waals surface area contributed by atoms with Gasteiger partial charge in [-0.3, -0.25) is 0 Å². The molecule has 0 aliphatic heterocycles. The molecule has 0 amide bonds. The molecule has 0 spiro atoms. The highest BCUT2D eigenvalue weighted by Crippen LogP contribution is 2.26. The summed E-state index contributed by atoms with van der Waals surface area (Å²) >= 11 is 0. The van der Waals surface area contributed by atoms with Crippen LogP contribution >= 0.6 is 8.86 Å². The van der Waals surface area contributed by atoms with Crippen LogP contribution in [0.2, 0.25) is 0 Å². The largest absolute Gasteiger partial charge is 0.386 e. The Bertz CT molecular complexity index is 760. The molecule has 0 aromatic rings. The second-order valence-corrected chi connectivity index (χ2v) is 11.0. The van der Waals surface area contributed by atoms with Gasteiger partial charge >= 0.3 is 0 Å². The Morgan fingerprint density at radius 2 is 1.85 bits per heavy atom. The van der Waals surface area contributed by atoms with Crippen molar-refractivity contribution in [3.8, 4) is 0 Å². The van der Waals surface area contributed by atoms with E-state index in [0.29, 0.717) is 6.04 Å². The van der Waals surface area contributed by atoms with Crippen LogP contribution in [0.5, 0.6) is 0 Å². The monoisotopic (exact) mass is 471 g/mol. The number of nitrogens with zero attached hydrogens (tertiary/aromatic N) is 2. The van der Waals surface area contributed by atoms with E-state index in [0.717, 1.165) is 56.6 Å². The minimum Gasteiger partial charge on any atom is -0.386 e. The normalized spacial score (nSPS) is 15.6. The lowest BCUT2D eigenvalue weighted by atomic mass is 9.92. The van der Waals surface area contributed by atoms with Gasteiger partial charge in [-0.05, 0) is 75.3 Å². The summed E-state index contributed by atoms with van der Waals surface area (Å²) in [6, 6.07) is 0.422. The zero-order valence-electron chi connectivity index (χ0n) is 22.7. The van der Waals surface area contributed by atoms with E-state index in [1.807, 2.05) is 0 Å². The fraction of sp³-hybridized carbons (Fsp3) is 0.621. The summed E-state index contributed by atoms with van der Waals surface area (Å²) in [7, 11) is 3.58. The standard InChI is InChI=1S/C29H50N3P/c1-10-27(22-30-25(6)29(7,8)9)32(21-13-20-31(11-2)12-3)28-19-18-26(16-14-23(28)4)17-15-24(5)33/h15-19,27,30,33H,6,10-14,20-22H2,1-5,7-9H3/b17-15+. The van der Waals surface area contributed by atoms with Gasteiger partial charge in [-0.1, -0.05) is 72.4 Å². The van der Waals surface area contributed by atoms with Crippen LogP contribution in [0, 0.1) is 5.41 Å². The first-order chi connectivity index (χ1) is 15.5. The molecule has 0 radical (unpaired) electrons. The molecule has 0 heterocycles. The van der Waals surface area contributed by atoms with Gasteiger partial charge in [0.1, 0.15) is 0 Å². The lowest BCUT2D eigenvalue weighted by Gasteiger charge is -2.37. The maximum Gasteiger partial charge on any atom is 0.0459 e. The second kappa shape index (κ2) is 14.6. The van der Waals surface area contributed by atoms with Crippen molar-refractivity contribution >= 4 is 14.2 Å². The molecule has 0 saturated carbocycles. The summed E-state index contributed by atoms with van der Waals surface area (Å²) in [6.07, 6.45) is 14.5. The lowest BCUT2D eigenvalue weighted by Crippen LogP contribution is -2.43. The Balaban J connectivity index is 3.13. The summed E-state index contributed by atoms with van der Waals surface area (Å²) in [5.74, 6) is 0. The Kier molecular flexibility index (Phi) is 13.1. The van der Waals surface area contributed by atoms with Crippen molar-refractivity contribution in [2.45, 2.75) is 80.7 Å². The second-order valence-electron chi connectivity index (χ2n) is 10.2. The highest BCUT2D eigenvalue weighted by Gasteiger charge is 2.22. The highest BCUT2D eigenvalue weighted by molar-refractivity contribution is 7.21. The zero-order valence-corrected chi connectivity index (χ0v) is 23.7. The van der Waals surface area contributed by atoms with Crippen LogP contribution in [-0.4, -0.2) is 53.9 Å². The molecule has 0 aromatic carbocycles. The smallest absolute Gasteiger partial charge is 0.0459 e. The van der Waals surface area contributed by atoms with E-state index < -0.39 is 0 Å². The van der Waals surface area contributed by atoms with Crippen molar-refractivity contribution in [1.29, 1.82) is 0 Å². The Morgan fingerprint density at radius 3 is 2.39 bits per heavy atom. The molecule has 0 saturated heterocycles. The molecule has 4 heteroatoms. The first-order valence-corrected chi connectivity index (χ1v) is 13.3. The van der Waals surface area contributed by atoms with Crippen molar-refractivity contribution in [2.75, 3.05) is 32.7 Å². The van der Waals surface area contributed by atoms with Crippen molar-refractivity contribution in [1.82, 2.24) is 15.1 Å². The average molecular weight is 472 g/mol. The van der Waals surface area contributed by atoms with Gasteiger partial charge in [-0.25, -0.2) is 0 Å². The summed E-state index contributed by atoms with van der Waals surface area (Å²) in [4.78, 5) is 5.17. The van der Waals surface area contributed by atoms with E-state index in [1.54, 1.807) is 0 Å². The average Bonchev–Trinajstić information content (AvgIpc) is 2.94. The van der Waals surface area contributed by atoms with E-state index in [4.69, 9.17) is 0 Å². The van der Waals surface area contributed by atoms with Gasteiger partial charge in [0, 0.05) is 35.9 Å². The van der Waals surface area contributed by atoms with Gasteiger partial charge in [0.05, 0.1) is 0 Å². The topological polar surface area (TPSA) is 18.5 Å². The molecule has 1 atom stereocenters. The molecule has 3 nitrogen and oxygen atoms in total. The molecule has 0 fully saturated rings. The molecule has 33 heavy (non-hydrogen) atoms. The van der Waals surface area contributed by atoms with Crippen molar-refractivity contribution in [3.05, 3.63) is 59.5 Å². The highest BCUT2D eigenvalue weighted by atomic mass is 31.0. The molecule has 1 aliphatic carbocycles. The van der Waals surface area contributed by atoms with Gasteiger partial charge < -0.3 is 15.1 Å². The van der Waals surface area contributed by atoms with Crippen LogP contribution < -0.4 is 5.32 Å². The predicted molar refractivity (Wildman–Crippen MR) is 152 cm³/mol. The Morgan fingerprint density at radius 1 is 1.18 bits per heavy atom. The SMILES string of the molecule is C=C(NCC(CC)N(CCCN(CC)CC)C1=C(C)CC=C(/C=C/C(C)=P)C=C1)C(C)(C)C. The first kappa shape index (κ1) is 29.5. The predicted octanol–water partition coefficient (Wildman–Crippen LogP) is 7.00. The third-order valence-electron chi connectivity index (χ3n) is 6.49. The van der Waals surface area contributed by atoms with Gasteiger partial charge in [0.25, 0.3) is 0 Å². The number of rotatable bonds is 14. The van der Waals surface area contributed by atoms with Crippen molar-refractivity contribution in [3.63, 3.8) is 0 Å². The van der Waals surface area contributed by atoms with Gasteiger partial charge in [0.15, 0.2) is 0 Å². The quantitative estimate of drug-likeness (QED) is 0.275. The maximum atomic E-state index is 4.30. The van der Waals surface area contributed by atoms with E-state index in [-0.39, 0.29) is 5.41 Å². The molecular weight excluding hydrogens is 421 g/mol. The molecular formula is C29H50N3P. The summed E-state index contributed by atoms with van der Waals surface area (Å²) < 4.78 is 0. The Hall–Kier alpha value is -1.57. The minimum atomic E-state index is 0.0683. The molecule has 186 valence electrons. The van der Waals surface area contributed by atoms with Crippen LogP contribution in [0.3, 0.4) is 0 Å². The fourth-order valence-electron chi connectivity index (χ4n) is 3.93. The third-order valence-corrected chi connectivity index (χ3v) is 6.65. The van der Waals surface area contributed by atoms with E-state index in [2.05, 4.69) is 116 Å². The maximum absolute atomic E-state index is 4.30.